The van der Waals surface area contributed by atoms with Crippen molar-refractivity contribution in [1.82, 2.24) is 0 Å². The molecule has 6 nitrogen and oxygen atoms in total. The third-order valence-corrected chi connectivity index (χ3v) is 9.30. The predicted octanol–water partition coefficient (Wildman–Crippen LogP) is 0.967. The van der Waals surface area contributed by atoms with E-state index in [0.29, 0.717) is 0 Å². The van der Waals surface area contributed by atoms with E-state index in [1.54, 1.807) is 13.8 Å². The van der Waals surface area contributed by atoms with Gasteiger partial charge in [-0.25, -0.2) is 0 Å². The van der Waals surface area contributed by atoms with Crippen LogP contribution >= 0.6 is 21.6 Å². The molecule has 0 radical (unpaired) electrons. The minimum atomic E-state index is -4.20. The molecule has 0 saturated carbocycles. The number of hydrogen-bond donors (Lipinski definition) is 2. The Balaban J connectivity index is 0. The van der Waals surface area contributed by atoms with E-state index in [1.807, 2.05) is 0 Å². The molecule has 0 aliphatic heterocycles. The van der Waals surface area contributed by atoms with Gasteiger partial charge >= 0.3 is 29.6 Å². The summed E-state index contributed by atoms with van der Waals surface area (Å²) in [5.41, 5.74) is 0. The van der Waals surface area contributed by atoms with Crippen LogP contribution in [-0.2, 0) is 20.2 Å². The van der Waals surface area contributed by atoms with Gasteiger partial charge in [0.25, 0.3) is 20.2 Å². The summed E-state index contributed by atoms with van der Waals surface area (Å²) in [6, 6.07) is 0. The minimum absolute atomic E-state index is 0. The second-order valence-corrected chi connectivity index (χ2v) is 9.37. The molecule has 0 aliphatic rings. The van der Waals surface area contributed by atoms with Gasteiger partial charge in [0.1, 0.15) is 9.16 Å². The van der Waals surface area contributed by atoms with Crippen LogP contribution in [0.1, 0.15) is 26.7 Å². The van der Waals surface area contributed by atoms with E-state index in [9.17, 15) is 16.8 Å². The standard InChI is InChI=1S/C6H14O6S4.Na.H/c1-3-5(15(7,8)9)13-14-6(4-2)16(10,11)12;;/h5-6H,3-4H2,1-2H3,(H,7,8,9)(H,10,11,12);;. The molecule has 0 spiro atoms. The van der Waals surface area contributed by atoms with Crippen molar-refractivity contribution in [1.29, 1.82) is 0 Å². The van der Waals surface area contributed by atoms with E-state index < -0.39 is 29.4 Å². The molecular weight excluding hydrogens is 319 g/mol. The molecule has 100 valence electrons. The van der Waals surface area contributed by atoms with Crippen molar-refractivity contribution in [2.24, 2.45) is 0 Å². The molecule has 0 aliphatic carbocycles. The molecule has 0 amide bonds. The van der Waals surface area contributed by atoms with Crippen LogP contribution in [0.25, 0.3) is 0 Å². The SMILES string of the molecule is CCC(SSC(CC)S(=O)(=O)O)S(=O)(=O)O.[NaH]. The molecule has 0 bridgehead atoms. The van der Waals surface area contributed by atoms with Gasteiger partial charge in [0.05, 0.1) is 0 Å². The van der Waals surface area contributed by atoms with Gasteiger partial charge in [0.15, 0.2) is 0 Å². The van der Waals surface area contributed by atoms with E-state index in [-0.39, 0.29) is 42.4 Å². The van der Waals surface area contributed by atoms with Gasteiger partial charge in [-0.2, -0.15) is 16.8 Å². The zero-order chi connectivity index (χ0) is 13.0. The molecule has 0 heterocycles. The zero-order valence-electron chi connectivity index (χ0n) is 8.73. The monoisotopic (exact) mass is 334 g/mol. The van der Waals surface area contributed by atoms with Crippen LogP contribution in [0.15, 0.2) is 0 Å². The van der Waals surface area contributed by atoms with Crippen molar-refractivity contribution in [3.8, 4) is 0 Å². The second kappa shape index (κ2) is 8.64. The van der Waals surface area contributed by atoms with Crippen LogP contribution in [0.5, 0.6) is 0 Å². The van der Waals surface area contributed by atoms with E-state index in [4.69, 9.17) is 9.11 Å². The van der Waals surface area contributed by atoms with Crippen LogP contribution in [0.3, 0.4) is 0 Å². The van der Waals surface area contributed by atoms with Crippen LogP contribution in [-0.4, -0.2) is 64.7 Å². The van der Waals surface area contributed by atoms with Crippen molar-refractivity contribution in [2.75, 3.05) is 0 Å². The van der Waals surface area contributed by atoms with Crippen molar-refractivity contribution >= 4 is 71.4 Å². The normalized spacial score (nSPS) is 16.0. The Morgan fingerprint density at radius 1 is 0.882 bits per heavy atom. The summed E-state index contributed by atoms with van der Waals surface area (Å²) >= 11 is 0. The van der Waals surface area contributed by atoms with Gasteiger partial charge in [-0.1, -0.05) is 35.4 Å². The van der Waals surface area contributed by atoms with Gasteiger partial charge in [0, 0.05) is 0 Å². The molecule has 2 N–H and O–H groups in total. The van der Waals surface area contributed by atoms with Crippen molar-refractivity contribution in [2.45, 2.75) is 35.9 Å². The molecule has 0 aromatic heterocycles. The summed E-state index contributed by atoms with van der Waals surface area (Å²) in [6.45, 7) is 3.11. The summed E-state index contributed by atoms with van der Waals surface area (Å²) in [5, 5.41) is 0. The first-order valence-corrected chi connectivity index (χ1v) is 9.65. The van der Waals surface area contributed by atoms with Gasteiger partial charge < -0.3 is 0 Å². The Morgan fingerprint density at radius 3 is 1.24 bits per heavy atom. The third-order valence-electron chi connectivity index (χ3n) is 1.60. The average molecular weight is 334 g/mol. The van der Waals surface area contributed by atoms with Gasteiger partial charge in [-0.3, -0.25) is 9.11 Å². The summed E-state index contributed by atoms with van der Waals surface area (Å²) in [6.07, 6.45) is 0.302. The van der Waals surface area contributed by atoms with Crippen LogP contribution < -0.4 is 0 Å². The van der Waals surface area contributed by atoms with Crippen molar-refractivity contribution in [3.05, 3.63) is 0 Å². The van der Waals surface area contributed by atoms with Gasteiger partial charge in [-0.05, 0) is 12.8 Å². The van der Waals surface area contributed by atoms with Gasteiger partial charge in [-0.15, -0.1) is 0 Å². The summed E-state index contributed by atoms with van der Waals surface area (Å²) in [5.74, 6) is 0. The average Bonchev–Trinajstić information content (AvgIpc) is 2.08. The number of rotatable bonds is 7. The molecule has 11 heteroatoms. The van der Waals surface area contributed by atoms with E-state index in [0.717, 1.165) is 21.6 Å². The Kier molecular flexibility index (Phi) is 10.6. The van der Waals surface area contributed by atoms with Crippen molar-refractivity contribution < 1.29 is 25.9 Å². The molecule has 0 aromatic carbocycles. The van der Waals surface area contributed by atoms with Crippen LogP contribution in [0, 0.1) is 0 Å². The first kappa shape index (κ1) is 20.8. The van der Waals surface area contributed by atoms with Crippen LogP contribution in [0.4, 0.5) is 0 Å². The van der Waals surface area contributed by atoms with E-state index in [1.165, 1.54) is 0 Å². The summed E-state index contributed by atoms with van der Waals surface area (Å²) in [4.78, 5) is 0. The quantitative estimate of drug-likeness (QED) is 0.403. The fraction of sp³-hybridized carbons (Fsp3) is 1.00. The Hall–Kier alpha value is 1.52. The topological polar surface area (TPSA) is 109 Å². The van der Waals surface area contributed by atoms with Gasteiger partial charge in [0.2, 0.25) is 0 Å². The molecule has 2 unspecified atom stereocenters. The van der Waals surface area contributed by atoms with E-state index >= 15 is 0 Å². The summed E-state index contributed by atoms with van der Waals surface area (Å²) in [7, 11) is -6.94. The molecule has 2 atom stereocenters. The zero-order valence-corrected chi connectivity index (χ0v) is 12.0. The van der Waals surface area contributed by atoms with E-state index in [2.05, 4.69) is 0 Å². The maximum absolute atomic E-state index is 10.8. The molecule has 0 rings (SSSR count). The second-order valence-electron chi connectivity index (χ2n) is 2.90. The fourth-order valence-electron chi connectivity index (χ4n) is 0.781. The summed E-state index contributed by atoms with van der Waals surface area (Å²) < 4.78 is 58.7. The molecular formula is C6H15NaO6S4. The molecule has 0 saturated heterocycles. The fourth-order valence-corrected chi connectivity index (χ4v) is 7.10. The molecule has 0 fully saturated rings. The first-order valence-electron chi connectivity index (χ1n) is 4.37. The molecule has 17 heavy (non-hydrogen) atoms. The first-order chi connectivity index (χ1) is 7.12. The van der Waals surface area contributed by atoms with Crippen LogP contribution in [0.2, 0.25) is 0 Å². The number of hydrogen-bond acceptors (Lipinski definition) is 6. The maximum atomic E-state index is 10.8. The molecule has 0 aromatic rings. The Morgan fingerprint density at radius 2 is 1.12 bits per heavy atom. The Labute approximate surface area is 132 Å². The van der Waals surface area contributed by atoms with Crippen molar-refractivity contribution in [3.63, 3.8) is 0 Å². The third kappa shape index (κ3) is 8.32. The Bertz CT molecular complexity index is 364. The predicted molar refractivity (Wildman–Crippen MR) is 73.6 cm³/mol.